The molecule has 0 aliphatic heterocycles. The second-order valence-corrected chi connectivity index (χ2v) is 3.27. The van der Waals surface area contributed by atoms with Gasteiger partial charge in [0.1, 0.15) is 0 Å². The van der Waals surface area contributed by atoms with Gasteiger partial charge in [0.2, 0.25) is 0 Å². The molecule has 0 bridgehead atoms. The van der Waals surface area contributed by atoms with Crippen LogP contribution >= 0.6 is 0 Å². The average Bonchev–Trinajstić information content (AvgIpc) is 2.79. The van der Waals surface area contributed by atoms with Gasteiger partial charge in [-0.05, 0) is 5.56 Å². The van der Waals surface area contributed by atoms with Crippen molar-refractivity contribution in [1.82, 2.24) is 10.2 Å². The topological polar surface area (TPSA) is 83.8 Å². The SMILES string of the molecule is O=[N+]([O-])c1cccc(CNc2cn[nH]c2)c1. The first-order valence-electron chi connectivity index (χ1n) is 4.72. The quantitative estimate of drug-likeness (QED) is 0.606. The molecule has 0 aliphatic rings. The third-order valence-corrected chi connectivity index (χ3v) is 2.12. The molecule has 2 rings (SSSR count). The number of aromatic nitrogens is 2. The van der Waals surface area contributed by atoms with E-state index in [1.165, 1.54) is 6.07 Å². The fourth-order valence-corrected chi connectivity index (χ4v) is 1.33. The van der Waals surface area contributed by atoms with Crippen molar-refractivity contribution in [2.24, 2.45) is 0 Å². The molecule has 6 nitrogen and oxygen atoms in total. The zero-order valence-corrected chi connectivity index (χ0v) is 8.38. The molecular formula is C10H10N4O2. The van der Waals surface area contributed by atoms with Crippen molar-refractivity contribution in [3.63, 3.8) is 0 Å². The van der Waals surface area contributed by atoms with Gasteiger partial charge in [-0.25, -0.2) is 0 Å². The third-order valence-electron chi connectivity index (χ3n) is 2.12. The second-order valence-electron chi connectivity index (χ2n) is 3.27. The number of hydrogen-bond donors (Lipinski definition) is 2. The number of nitrogens with one attached hydrogen (secondary N) is 2. The van der Waals surface area contributed by atoms with Gasteiger partial charge in [-0.2, -0.15) is 5.10 Å². The number of benzene rings is 1. The van der Waals surface area contributed by atoms with Crippen molar-refractivity contribution in [3.8, 4) is 0 Å². The predicted molar refractivity (Wildman–Crippen MR) is 59.0 cm³/mol. The Balaban J connectivity index is 2.04. The predicted octanol–water partition coefficient (Wildman–Crippen LogP) is 1.93. The number of aromatic amines is 1. The summed E-state index contributed by atoms with van der Waals surface area (Å²) in [6, 6.07) is 6.53. The molecule has 0 atom stereocenters. The minimum atomic E-state index is -0.401. The standard InChI is InChI=1S/C10H10N4O2/c15-14(16)10-3-1-2-8(4-10)5-11-9-6-12-13-7-9/h1-4,6-7,11H,5H2,(H,12,13). The van der Waals surface area contributed by atoms with E-state index in [-0.39, 0.29) is 5.69 Å². The smallest absolute Gasteiger partial charge is 0.269 e. The highest BCUT2D eigenvalue weighted by Crippen LogP contribution is 2.14. The van der Waals surface area contributed by atoms with E-state index in [2.05, 4.69) is 15.5 Å². The summed E-state index contributed by atoms with van der Waals surface area (Å²) in [5.41, 5.74) is 1.81. The molecule has 0 unspecified atom stereocenters. The second kappa shape index (κ2) is 4.43. The van der Waals surface area contributed by atoms with E-state index in [0.717, 1.165) is 11.3 Å². The molecule has 16 heavy (non-hydrogen) atoms. The normalized spacial score (nSPS) is 10.0. The lowest BCUT2D eigenvalue weighted by Gasteiger charge is -2.02. The van der Waals surface area contributed by atoms with Crippen molar-refractivity contribution in [3.05, 3.63) is 52.3 Å². The van der Waals surface area contributed by atoms with Crippen LogP contribution in [0.5, 0.6) is 0 Å². The maximum atomic E-state index is 10.6. The summed E-state index contributed by atoms with van der Waals surface area (Å²) in [5.74, 6) is 0. The molecule has 82 valence electrons. The molecule has 0 radical (unpaired) electrons. The van der Waals surface area contributed by atoms with Gasteiger partial charge in [-0.15, -0.1) is 0 Å². The zero-order chi connectivity index (χ0) is 11.4. The minimum Gasteiger partial charge on any atom is -0.378 e. The summed E-state index contributed by atoms with van der Waals surface area (Å²) in [6.45, 7) is 0.529. The van der Waals surface area contributed by atoms with Gasteiger partial charge in [-0.1, -0.05) is 12.1 Å². The fraction of sp³-hybridized carbons (Fsp3) is 0.100. The fourth-order valence-electron chi connectivity index (χ4n) is 1.33. The Morgan fingerprint density at radius 3 is 3.06 bits per heavy atom. The first kappa shape index (κ1) is 10.2. The van der Waals surface area contributed by atoms with Crippen molar-refractivity contribution in [2.45, 2.75) is 6.54 Å². The lowest BCUT2D eigenvalue weighted by Crippen LogP contribution is -1.99. The number of nitro groups is 1. The van der Waals surface area contributed by atoms with Crippen LogP contribution in [-0.2, 0) is 6.54 Å². The molecule has 1 heterocycles. The van der Waals surface area contributed by atoms with E-state index in [1.54, 1.807) is 24.5 Å². The van der Waals surface area contributed by atoms with Crippen LogP contribution in [-0.4, -0.2) is 15.1 Å². The Kier molecular flexibility index (Phi) is 2.81. The summed E-state index contributed by atoms with van der Waals surface area (Å²) < 4.78 is 0. The van der Waals surface area contributed by atoms with Gasteiger partial charge in [0, 0.05) is 24.9 Å². The molecule has 2 N–H and O–H groups in total. The molecule has 0 amide bonds. The van der Waals surface area contributed by atoms with Crippen LogP contribution in [0.15, 0.2) is 36.7 Å². The maximum Gasteiger partial charge on any atom is 0.269 e. The number of non-ortho nitro benzene ring substituents is 1. The van der Waals surface area contributed by atoms with Crippen molar-refractivity contribution in [2.75, 3.05) is 5.32 Å². The molecule has 0 saturated carbocycles. The Bertz CT molecular complexity index is 481. The van der Waals surface area contributed by atoms with Crippen LogP contribution in [0.2, 0.25) is 0 Å². The first-order valence-corrected chi connectivity index (χ1v) is 4.72. The van der Waals surface area contributed by atoms with E-state index < -0.39 is 4.92 Å². The number of anilines is 1. The lowest BCUT2D eigenvalue weighted by atomic mass is 10.2. The van der Waals surface area contributed by atoms with Gasteiger partial charge in [0.15, 0.2) is 0 Å². The van der Waals surface area contributed by atoms with Crippen LogP contribution in [0.25, 0.3) is 0 Å². The molecule has 0 fully saturated rings. The zero-order valence-electron chi connectivity index (χ0n) is 8.38. The highest BCUT2D eigenvalue weighted by molar-refractivity contribution is 5.40. The number of nitro benzene ring substituents is 1. The Morgan fingerprint density at radius 2 is 2.38 bits per heavy atom. The molecule has 1 aromatic heterocycles. The Hall–Kier alpha value is -2.37. The van der Waals surface area contributed by atoms with Crippen molar-refractivity contribution in [1.29, 1.82) is 0 Å². The Morgan fingerprint density at radius 1 is 1.50 bits per heavy atom. The number of H-pyrrole nitrogens is 1. The third kappa shape index (κ3) is 2.35. The van der Waals surface area contributed by atoms with Crippen molar-refractivity contribution >= 4 is 11.4 Å². The van der Waals surface area contributed by atoms with Crippen LogP contribution in [0.3, 0.4) is 0 Å². The molecular weight excluding hydrogens is 208 g/mol. The maximum absolute atomic E-state index is 10.6. The van der Waals surface area contributed by atoms with Crippen molar-refractivity contribution < 1.29 is 4.92 Å². The van der Waals surface area contributed by atoms with Gasteiger partial charge >= 0.3 is 0 Å². The Labute approximate surface area is 91.5 Å². The molecule has 0 spiro atoms. The van der Waals surface area contributed by atoms with Crippen LogP contribution in [0.1, 0.15) is 5.56 Å². The van der Waals surface area contributed by atoms with Crippen LogP contribution in [0, 0.1) is 10.1 Å². The van der Waals surface area contributed by atoms with E-state index in [9.17, 15) is 10.1 Å². The number of hydrogen-bond acceptors (Lipinski definition) is 4. The van der Waals surface area contributed by atoms with Gasteiger partial charge in [0.05, 0.1) is 16.8 Å². The largest absolute Gasteiger partial charge is 0.378 e. The van der Waals surface area contributed by atoms with E-state index in [0.29, 0.717) is 6.54 Å². The van der Waals surface area contributed by atoms with Crippen LogP contribution < -0.4 is 5.32 Å². The monoisotopic (exact) mass is 218 g/mol. The van der Waals surface area contributed by atoms with E-state index in [1.807, 2.05) is 6.07 Å². The van der Waals surface area contributed by atoms with Gasteiger partial charge in [0.25, 0.3) is 5.69 Å². The molecule has 6 heteroatoms. The molecule has 1 aromatic carbocycles. The van der Waals surface area contributed by atoms with Crippen LogP contribution in [0.4, 0.5) is 11.4 Å². The summed E-state index contributed by atoms with van der Waals surface area (Å²) in [7, 11) is 0. The average molecular weight is 218 g/mol. The molecule has 2 aromatic rings. The van der Waals surface area contributed by atoms with E-state index >= 15 is 0 Å². The minimum absolute atomic E-state index is 0.103. The highest BCUT2D eigenvalue weighted by atomic mass is 16.6. The summed E-state index contributed by atoms with van der Waals surface area (Å²) in [6.07, 6.45) is 3.37. The summed E-state index contributed by atoms with van der Waals surface area (Å²) >= 11 is 0. The highest BCUT2D eigenvalue weighted by Gasteiger charge is 2.05. The summed E-state index contributed by atoms with van der Waals surface area (Å²) in [5, 5.41) is 20.1. The molecule has 0 aliphatic carbocycles. The van der Waals surface area contributed by atoms with Gasteiger partial charge in [-0.3, -0.25) is 15.2 Å². The molecule has 0 saturated heterocycles. The number of rotatable bonds is 4. The number of nitrogens with zero attached hydrogens (tertiary/aromatic N) is 2. The van der Waals surface area contributed by atoms with Gasteiger partial charge < -0.3 is 5.32 Å². The lowest BCUT2D eigenvalue weighted by molar-refractivity contribution is -0.384. The van der Waals surface area contributed by atoms with E-state index in [4.69, 9.17) is 0 Å². The first-order chi connectivity index (χ1) is 7.75. The summed E-state index contributed by atoms with van der Waals surface area (Å²) in [4.78, 5) is 10.2.